The lowest BCUT2D eigenvalue weighted by atomic mass is 9.99. The molecule has 0 N–H and O–H groups in total. The zero-order valence-corrected chi connectivity index (χ0v) is 16.2. The van der Waals surface area contributed by atoms with Gasteiger partial charge in [0.15, 0.2) is 0 Å². The number of hydrogen-bond donors (Lipinski definition) is 0. The molecule has 1 fully saturated rings. The van der Waals surface area contributed by atoms with Gasteiger partial charge in [-0.1, -0.05) is 24.6 Å². The van der Waals surface area contributed by atoms with Gasteiger partial charge in [0.1, 0.15) is 5.76 Å². The van der Waals surface area contributed by atoms with E-state index in [0.717, 1.165) is 37.3 Å². The molecule has 1 aromatic heterocycles. The van der Waals surface area contributed by atoms with E-state index in [9.17, 15) is 9.59 Å². The Labute approximate surface area is 160 Å². The predicted octanol–water partition coefficient (Wildman–Crippen LogP) is 3.88. The molecular formula is C22H28N2O3. The Morgan fingerprint density at radius 1 is 1.15 bits per heavy atom. The molecule has 2 amide bonds. The second-order valence-corrected chi connectivity index (χ2v) is 7.49. The summed E-state index contributed by atoms with van der Waals surface area (Å²) in [6, 6.07) is 11.2. The number of aryl methyl sites for hydroxylation is 1. The van der Waals surface area contributed by atoms with Crippen molar-refractivity contribution in [2.24, 2.45) is 5.92 Å². The fourth-order valence-electron chi connectivity index (χ4n) is 3.37. The standard InChI is InChI=1S/C22H28N2O3/c1-17-5-7-19(8-6-17)22(26)24(16-20-4-3-15-27-20)14-11-21(25)23-12-9-18(2)10-13-23/h3-8,15,18H,9-14,16H2,1-2H3. The van der Waals surface area contributed by atoms with Crippen LogP contribution in [0.2, 0.25) is 0 Å². The van der Waals surface area contributed by atoms with Crippen LogP contribution in [0.1, 0.15) is 47.9 Å². The van der Waals surface area contributed by atoms with Crippen molar-refractivity contribution in [1.29, 1.82) is 0 Å². The highest BCUT2D eigenvalue weighted by Crippen LogP contribution is 2.17. The molecule has 1 aliphatic rings. The van der Waals surface area contributed by atoms with Gasteiger partial charge in [-0.05, 0) is 49.9 Å². The van der Waals surface area contributed by atoms with E-state index in [0.29, 0.717) is 31.0 Å². The van der Waals surface area contributed by atoms with Gasteiger partial charge in [0.2, 0.25) is 5.91 Å². The van der Waals surface area contributed by atoms with Crippen molar-refractivity contribution in [2.45, 2.75) is 39.7 Å². The number of nitrogens with zero attached hydrogens (tertiary/aromatic N) is 2. The van der Waals surface area contributed by atoms with Crippen LogP contribution in [0.25, 0.3) is 0 Å². The maximum absolute atomic E-state index is 13.0. The molecule has 0 spiro atoms. The summed E-state index contributed by atoms with van der Waals surface area (Å²) < 4.78 is 5.41. The number of rotatable bonds is 6. The lowest BCUT2D eigenvalue weighted by Gasteiger charge is -2.31. The first kappa shape index (κ1) is 19.2. The molecular weight excluding hydrogens is 340 g/mol. The van der Waals surface area contributed by atoms with Crippen LogP contribution < -0.4 is 0 Å². The molecule has 0 radical (unpaired) electrons. The second-order valence-electron chi connectivity index (χ2n) is 7.49. The van der Waals surface area contributed by atoms with Crippen LogP contribution in [-0.4, -0.2) is 41.2 Å². The summed E-state index contributed by atoms with van der Waals surface area (Å²) in [6.45, 7) is 6.62. The van der Waals surface area contributed by atoms with Crippen LogP contribution in [-0.2, 0) is 11.3 Å². The Morgan fingerprint density at radius 2 is 1.85 bits per heavy atom. The van der Waals surface area contributed by atoms with Crippen LogP contribution in [0.5, 0.6) is 0 Å². The van der Waals surface area contributed by atoms with Crippen LogP contribution >= 0.6 is 0 Å². The molecule has 0 aliphatic carbocycles. The smallest absolute Gasteiger partial charge is 0.254 e. The Balaban J connectivity index is 1.65. The largest absolute Gasteiger partial charge is 0.467 e. The predicted molar refractivity (Wildman–Crippen MR) is 104 cm³/mol. The van der Waals surface area contributed by atoms with Gasteiger partial charge in [-0.25, -0.2) is 0 Å². The molecule has 5 nitrogen and oxygen atoms in total. The van der Waals surface area contributed by atoms with Gasteiger partial charge in [0, 0.05) is 31.6 Å². The van der Waals surface area contributed by atoms with Crippen molar-refractivity contribution in [3.8, 4) is 0 Å². The van der Waals surface area contributed by atoms with E-state index in [4.69, 9.17) is 4.42 Å². The Bertz CT molecular complexity index is 744. The fourth-order valence-corrected chi connectivity index (χ4v) is 3.37. The Hall–Kier alpha value is -2.56. The van der Waals surface area contributed by atoms with Gasteiger partial charge in [-0.2, -0.15) is 0 Å². The van der Waals surface area contributed by atoms with Crippen molar-refractivity contribution >= 4 is 11.8 Å². The van der Waals surface area contributed by atoms with E-state index in [1.165, 1.54) is 0 Å². The van der Waals surface area contributed by atoms with Crippen molar-refractivity contribution in [1.82, 2.24) is 9.80 Å². The maximum atomic E-state index is 13.0. The summed E-state index contributed by atoms with van der Waals surface area (Å²) in [7, 11) is 0. The molecule has 1 aliphatic heterocycles. The third-order valence-electron chi connectivity index (χ3n) is 5.24. The van der Waals surface area contributed by atoms with E-state index in [1.54, 1.807) is 11.2 Å². The number of carbonyl (C=O) groups is 2. The van der Waals surface area contributed by atoms with E-state index in [-0.39, 0.29) is 11.8 Å². The van der Waals surface area contributed by atoms with Gasteiger partial charge in [0.05, 0.1) is 12.8 Å². The minimum atomic E-state index is -0.0773. The quantitative estimate of drug-likeness (QED) is 0.777. The highest BCUT2D eigenvalue weighted by atomic mass is 16.3. The van der Waals surface area contributed by atoms with Gasteiger partial charge in [-0.15, -0.1) is 0 Å². The molecule has 3 rings (SSSR count). The lowest BCUT2D eigenvalue weighted by Crippen LogP contribution is -2.40. The molecule has 5 heteroatoms. The maximum Gasteiger partial charge on any atom is 0.254 e. The van der Waals surface area contributed by atoms with Crippen LogP contribution in [0.3, 0.4) is 0 Å². The number of benzene rings is 1. The van der Waals surface area contributed by atoms with E-state index < -0.39 is 0 Å². The monoisotopic (exact) mass is 368 g/mol. The van der Waals surface area contributed by atoms with E-state index in [2.05, 4.69) is 6.92 Å². The molecule has 1 aromatic carbocycles. The average Bonchev–Trinajstić information content (AvgIpc) is 3.18. The van der Waals surface area contributed by atoms with Crippen molar-refractivity contribution in [3.63, 3.8) is 0 Å². The van der Waals surface area contributed by atoms with Crippen LogP contribution in [0.4, 0.5) is 0 Å². The van der Waals surface area contributed by atoms with Crippen LogP contribution in [0, 0.1) is 12.8 Å². The third kappa shape index (κ3) is 5.22. The Kier molecular flexibility index (Phi) is 6.32. The number of hydrogen-bond acceptors (Lipinski definition) is 3. The van der Waals surface area contributed by atoms with Crippen molar-refractivity contribution in [3.05, 3.63) is 59.5 Å². The first-order valence-electron chi connectivity index (χ1n) is 9.69. The zero-order chi connectivity index (χ0) is 19.2. The van der Waals surface area contributed by atoms with Gasteiger partial charge < -0.3 is 14.2 Å². The minimum absolute atomic E-state index is 0.0773. The normalized spacial score (nSPS) is 15.0. The summed E-state index contributed by atoms with van der Waals surface area (Å²) in [5.74, 6) is 1.46. The fraction of sp³-hybridized carbons (Fsp3) is 0.455. The molecule has 2 heterocycles. The highest BCUT2D eigenvalue weighted by Gasteiger charge is 2.23. The highest BCUT2D eigenvalue weighted by molar-refractivity contribution is 5.94. The van der Waals surface area contributed by atoms with Gasteiger partial charge in [-0.3, -0.25) is 9.59 Å². The number of carbonyl (C=O) groups excluding carboxylic acids is 2. The molecule has 1 saturated heterocycles. The van der Waals surface area contributed by atoms with Crippen LogP contribution in [0.15, 0.2) is 47.1 Å². The van der Waals surface area contributed by atoms with Crippen molar-refractivity contribution < 1.29 is 14.0 Å². The number of furan rings is 1. The second kappa shape index (κ2) is 8.89. The summed E-state index contributed by atoms with van der Waals surface area (Å²) in [6.07, 6.45) is 4.06. The molecule has 0 atom stereocenters. The molecule has 0 saturated carbocycles. The van der Waals surface area contributed by atoms with Crippen molar-refractivity contribution in [2.75, 3.05) is 19.6 Å². The van der Waals surface area contributed by atoms with Gasteiger partial charge in [0.25, 0.3) is 5.91 Å². The zero-order valence-electron chi connectivity index (χ0n) is 16.2. The number of amides is 2. The van der Waals surface area contributed by atoms with E-state index in [1.807, 2.05) is 48.2 Å². The van der Waals surface area contributed by atoms with E-state index >= 15 is 0 Å². The first-order chi connectivity index (χ1) is 13.0. The number of likely N-dealkylation sites (tertiary alicyclic amines) is 1. The van der Waals surface area contributed by atoms with Gasteiger partial charge >= 0.3 is 0 Å². The first-order valence-corrected chi connectivity index (χ1v) is 9.69. The molecule has 0 bridgehead atoms. The Morgan fingerprint density at radius 3 is 2.48 bits per heavy atom. The third-order valence-corrected chi connectivity index (χ3v) is 5.24. The summed E-state index contributed by atoms with van der Waals surface area (Å²) in [4.78, 5) is 29.2. The summed E-state index contributed by atoms with van der Waals surface area (Å²) in [5.41, 5.74) is 1.74. The summed E-state index contributed by atoms with van der Waals surface area (Å²) in [5, 5.41) is 0. The molecule has 144 valence electrons. The molecule has 27 heavy (non-hydrogen) atoms. The summed E-state index contributed by atoms with van der Waals surface area (Å²) >= 11 is 0. The minimum Gasteiger partial charge on any atom is -0.467 e. The topological polar surface area (TPSA) is 53.8 Å². The molecule has 0 unspecified atom stereocenters. The average molecular weight is 368 g/mol. The lowest BCUT2D eigenvalue weighted by molar-refractivity contribution is -0.132. The number of piperidine rings is 1. The molecule has 2 aromatic rings. The SMILES string of the molecule is Cc1ccc(C(=O)N(CCC(=O)N2CCC(C)CC2)Cc2ccco2)cc1.